The van der Waals surface area contributed by atoms with E-state index in [0.717, 1.165) is 34.9 Å². The first-order chi connectivity index (χ1) is 18.6. The van der Waals surface area contributed by atoms with Crippen LogP contribution < -0.4 is 9.64 Å². The van der Waals surface area contributed by atoms with Gasteiger partial charge in [-0.05, 0) is 64.3 Å². The molecular formula is C29H31N5O5. The number of aromatic nitrogens is 4. The molecule has 0 atom stereocenters. The third-order valence-corrected chi connectivity index (χ3v) is 6.25. The molecule has 0 aliphatic heterocycles. The van der Waals surface area contributed by atoms with Gasteiger partial charge in [-0.15, -0.1) is 0 Å². The predicted octanol–water partition coefficient (Wildman–Crippen LogP) is 5.74. The fourth-order valence-electron chi connectivity index (χ4n) is 4.33. The van der Waals surface area contributed by atoms with Gasteiger partial charge < -0.3 is 18.8 Å². The van der Waals surface area contributed by atoms with Crippen LogP contribution in [0.4, 0.5) is 16.3 Å². The van der Waals surface area contributed by atoms with Crippen LogP contribution in [-0.4, -0.2) is 50.4 Å². The van der Waals surface area contributed by atoms with Gasteiger partial charge in [-0.2, -0.15) is 0 Å². The van der Waals surface area contributed by atoms with Crippen LogP contribution in [0.1, 0.15) is 49.7 Å². The maximum Gasteiger partial charge on any atom is 0.420 e. The first kappa shape index (κ1) is 26.1. The van der Waals surface area contributed by atoms with E-state index in [0.29, 0.717) is 22.9 Å². The number of rotatable bonds is 6. The van der Waals surface area contributed by atoms with Crippen molar-refractivity contribution in [2.75, 3.05) is 12.0 Å². The van der Waals surface area contributed by atoms with E-state index in [9.17, 15) is 9.59 Å². The van der Waals surface area contributed by atoms with E-state index in [1.807, 2.05) is 57.6 Å². The number of hydrogen-bond acceptors (Lipinski definition) is 8. The number of hydrogen-bond donors (Lipinski definition) is 0. The van der Waals surface area contributed by atoms with Gasteiger partial charge in [-0.1, -0.05) is 0 Å². The topological polar surface area (TPSA) is 109 Å². The number of carbonyl (C=O) groups excluding carboxylic acids is 2. The van der Waals surface area contributed by atoms with Gasteiger partial charge in [0.15, 0.2) is 5.69 Å². The van der Waals surface area contributed by atoms with E-state index >= 15 is 0 Å². The van der Waals surface area contributed by atoms with E-state index in [-0.39, 0.29) is 11.8 Å². The Morgan fingerprint density at radius 2 is 1.82 bits per heavy atom. The number of pyridine rings is 3. The number of anilines is 2. The maximum atomic E-state index is 13.4. The summed E-state index contributed by atoms with van der Waals surface area (Å²) in [5, 5.41) is 0.838. The molecule has 39 heavy (non-hydrogen) atoms. The summed E-state index contributed by atoms with van der Waals surface area (Å²) < 4.78 is 18.2. The predicted molar refractivity (Wildman–Crippen MR) is 146 cm³/mol. The summed E-state index contributed by atoms with van der Waals surface area (Å²) in [5.74, 6) is 0.399. The maximum absolute atomic E-state index is 13.4. The average Bonchev–Trinajstić information content (AvgIpc) is 3.64. The standard InChI is InChI=1S/C29H31N5O5/c1-17-13-23(31-15-21(17)22-16-33(5)26-20(22)11-12-30-25(26)27(35)37-6)34(28(36)39-29(2,3)4)18-7-10-24(32-14-18)38-19-8-9-19/h7,10-16,19H,8-9H2,1-6H3. The van der Waals surface area contributed by atoms with E-state index in [1.54, 1.807) is 30.7 Å². The molecule has 4 heterocycles. The minimum absolute atomic E-state index is 0.218. The first-order valence-electron chi connectivity index (χ1n) is 12.7. The van der Waals surface area contributed by atoms with Crippen molar-refractivity contribution in [2.24, 2.45) is 7.05 Å². The lowest BCUT2D eigenvalue weighted by Gasteiger charge is -2.27. The van der Waals surface area contributed by atoms with Gasteiger partial charge in [0, 0.05) is 48.2 Å². The molecule has 0 unspecified atom stereocenters. The van der Waals surface area contributed by atoms with Crippen molar-refractivity contribution < 1.29 is 23.8 Å². The molecule has 1 aliphatic carbocycles. The summed E-state index contributed by atoms with van der Waals surface area (Å²) in [5.41, 5.74) is 3.30. The van der Waals surface area contributed by atoms with Crippen LogP contribution in [0.15, 0.2) is 49.1 Å². The number of ether oxygens (including phenoxy) is 3. The quantitative estimate of drug-likeness (QED) is 0.291. The van der Waals surface area contributed by atoms with Gasteiger partial charge in [0.25, 0.3) is 0 Å². The van der Waals surface area contributed by atoms with Crippen molar-refractivity contribution in [3.8, 4) is 17.0 Å². The molecule has 0 bridgehead atoms. The van der Waals surface area contributed by atoms with Crippen molar-refractivity contribution >= 4 is 34.5 Å². The lowest BCUT2D eigenvalue weighted by Crippen LogP contribution is -2.34. The lowest BCUT2D eigenvalue weighted by molar-refractivity contribution is 0.0587. The largest absolute Gasteiger partial charge is 0.474 e. The summed E-state index contributed by atoms with van der Waals surface area (Å²) in [6.07, 6.45) is 8.51. The summed E-state index contributed by atoms with van der Waals surface area (Å²) in [7, 11) is 3.18. The Morgan fingerprint density at radius 1 is 1.05 bits per heavy atom. The summed E-state index contributed by atoms with van der Waals surface area (Å²) in [6.45, 7) is 7.38. The SMILES string of the molecule is COC(=O)c1nccc2c(-c3cnc(N(C(=O)OC(C)(C)C)c4ccc(OC5CC5)nc4)cc3C)cn(C)c12. The van der Waals surface area contributed by atoms with Crippen LogP contribution in [0.25, 0.3) is 22.0 Å². The van der Waals surface area contributed by atoms with E-state index in [1.165, 1.54) is 12.0 Å². The summed E-state index contributed by atoms with van der Waals surface area (Å²) in [6, 6.07) is 7.20. The number of nitrogens with zero attached hydrogens (tertiary/aromatic N) is 5. The second kappa shape index (κ2) is 10.0. The van der Waals surface area contributed by atoms with E-state index in [4.69, 9.17) is 14.2 Å². The highest BCUT2D eigenvalue weighted by molar-refractivity contribution is 6.06. The Hall–Kier alpha value is -4.47. The van der Waals surface area contributed by atoms with Crippen molar-refractivity contribution in [3.05, 3.63) is 60.3 Å². The van der Waals surface area contributed by atoms with Gasteiger partial charge in [-0.25, -0.2) is 29.4 Å². The fraction of sp³-hybridized carbons (Fsp3) is 0.345. The molecule has 4 aromatic heterocycles. The zero-order valence-electron chi connectivity index (χ0n) is 22.9. The van der Waals surface area contributed by atoms with Crippen LogP contribution in [0, 0.1) is 6.92 Å². The van der Waals surface area contributed by atoms with Crippen LogP contribution in [0.5, 0.6) is 5.88 Å². The van der Waals surface area contributed by atoms with Crippen LogP contribution in [0.2, 0.25) is 0 Å². The molecule has 202 valence electrons. The second-order valence-corrected chi connectivity index (χ2v) is 10.5. The zero-order valence-corrected chi connectivity index (χ0v) is 22.9. The first-order valence-corrected chi connectivity index (χ1v) is 12.7. The van der Waals surface area contributed by atoms with Gasteiger partial charge in [0.05, 0.1) is 24.5 Å². The van der Waals surface area contributed by atoms with Crippen LogP contribution in [-0.2, 0) is 16.5 Å². The van der Waals surface area contributed by atoms with Crippen LogP contribution in [0.3, 0.4) is 0 Å². The van der Waals surface area contributed by atoms with Crippen molar-refractivity contribution in [1.29, 1.82) is 0 Å². The number of methoxy groups -OCH3 is 1. The van der Waals surface area contributed by atoms with E-state index in [2.05, 4.69) is 15.0 Å². The number of carbonyl (C=O) groups is 2. The van der Waals surface area contributed by atoms with Crippen molar-refractivity contribution in [3.63, 3.8) is 0 Å². The smallest absolute Gasteiger partial charge is 0.420 e. The number of amides is 1. The fourth-order valence-corrected chi connectivity index (χ4v) is 4.33. The molecule has 1 aliphatic rings. The zero-order chi connectivity index (χ0) is 27.9. The van der Waals surface area contributed by atoms with Gasteiger partial charge in [0.2, 0.25) is 5.88 Å². The van der Waals surface area contributed by atoms with Gasteiger partial charge >= 0.3 is 12.1 Å². The normalized spacial score (nSPS) is 13.3. The second-order valence-electron chi connectivity index (χ2n) is 10.5. The van der Waals surface area contributed by atoms with Crippen molar-refractivity contribution in [2.45, 2.75) is 52.2 Å². The number of fused-ring (bicyclic) bond motifs is 1. The molecule has 10 nitrogen and oxygen atoms in total. The molecule has 10 heteroatoms. The molecule has 1 amide bonds. The number of esters is 1. The Morgan fingerprint density at radius 3 is 2.44 bits per heavy atom. The molecule has 0 radical (unpaired) electrons. The Balaban J connectivity index is 1.55. The highest BCUT2D eigenvalue weighted by Crippen LogP contribution is 2.36. The molecule has 0 aromatic carbocycles. The summed E-state index contributed by atoms with van der Waals surface area (Å²) in [4.78, 5) is 40.4. The number of aryl methyl sites for hydroxylation is 2. The summed E-state index contributed by atoms with van der Waals surface area (Å²) >= 11 is 0. The molecule has 1 fully saturated rings. The Bertz CT molecular complexity index is 1550. The molecule has 0 saturated heterocycles. The van der Waals surface area contributed by atoms with Crippen LogP contribution >= 0.6 is 0 Å². The minimum atomic E-state index is -0.707. The molecule has 1 saturated carbocycles. The highest BCUT2D eigenvalue weighted by atomic mass is 16.6. The molecule has 4 aromatic rings. The van der Waals surface area contributed by atoms with E-state index < -0.39 is 17.7 Å². The van der Waals surface area contributed by atoms with Gasteiger partial charge in [0.1, 0.15) is 17.5 Å². The molecule has 0 N–H and O–H groups in total. The molecule has 0 spiro atoms. The average molecular weight is 530 g/mol. The minimum Gasteiger partial charge on any atom is -0.474 e. The lowest BCUT2D eigenvalue weighted by atomic mass is 10.0. The third-order valence-electron chi connectivity index (χ3n) is 6.25. The Labute approximate surface area is 226 Å². The van der Waals surface area contributed by atoms with Crippen molar-refractivity contribution in [1.82, 2.24) is 19.5 Å². The third kappa shape index (κ3) is 5.41. The Kier molecular flexibility index (Phi) is 6.71. The molecular weight excluding hydrogens is 498 g/mol. The molecule has 5 rings (SSSR count). The highest BCUT2D eigenvalue weighted by Gasteiger charge is 2.28. The van der Waals surface area contributed by atoms with Gasteiger partial charge in [-0.3, -0.25) is 0 Å². The monoisotopic (exact) mass is 529 g/mol.